The van der Waals surface area contributed by atoms with Gasteiger partial charge >= 0.3 is 10.3 Å². The largest absolute Gasteiger partial charge is 0.333 e. The Bertz CT molecular complexity index is 370. The van der Waals surface area contributed by atoms with Gasteiger partial charge in [0.25, 0.3) is 0 Å². The molecule has 1 saturated heterocycles. The van der Waals surface area contributed by atoms with Crippen molar-refractivity contribution in [3.05, 3.63) is 0 Å². The molecule has 0 amide bonds. The number of hydrogen-bond acceptors (Lipinski definition) is 5. The molecular weight excluding hydrogens is 218 g/mol. The first-order chi connectivity index (χ1) is 5.79. The minimum atomic E-state index is -3.94. The molecule has 2 N–H and O–H groups in total. The van der Waals surface area contributed by atoms with Gasteiger partial charge in [0.2, 0.25) is 0 Å². The Morgan fingerprint density at radius 2 is 2.08 bits per heavy atom. The maximum absolute atomic E-state index is 10.9. The lowest BCUT2D eigenvalue weighted by atomic mass is 10.1. The molecule has 13 heavy (non-hydrogen) atoms. The standard InChI is InChI=1S/C5H11NO5S2/c6-13(9,10)11-3-5-1-2-12(7,8)4-5/h5H,1-4H2,(H2,6,9,10). The van der Waals surface area contributed by atoms with Crippen molar-refractivity contribution in [1.82, 2.24) is 0 Å². The molecule has 0 aromatic rings. The van der Waals surface area contributed by atoms with Gasteiger partial charge in [0.1, 0.15) is 0 Å². The second-order valence-corrected chi connectivity index (χ2v) is 6.50. The van der Waals surface area contributed by atoms with Gasteiger partial charge in [0.15, 0.2) is 9.84 Å². The summed E-state index contributed by atoms with van der Waals surface area (Å²) in [6.07, 6.45) is 0.442. The van der Waals surface area contributed by atoms with E-state index >= 15 is 0 Å². The van der Waals surface area contributed by atoms with Gasteiger partial charge < -0.3 is 0 Å². The van der Waals surface area contributed by atoms with Crippen LogP contribution in [0.4, 0.5) is 0 Å². The zero-order valence-corrected chi connectivity index (χ0v) is 8.47. The second-order valence-electron chi connectivity index (χ2n) is 3.05. The van der Waals surface area contributed by atoms with Crippen LogP contribution in [0.5, 0.6) is 0 Å². The molecule has 0 spiro atoms. The van der Waals surface area contributed by atoms with E-state index in [1.165, 1.54) is 0 Å². The number of hydrogen-bond donors (Lipinski definition) is 1. The molecule has 1 aliphatic heterocycles. The smallest absolute Gasteiger partial charge is 0.258 e. The Hall–Kier alpha value is -0.180. The predicted octanol–water partition coefficient (Wildman–Crippen LogP) is -1.36. The average Bonchev–Trinajstić information content (AvgIpc) is 2.24. The lowest BCUT2D eigenvalue weighted by molar-refractivity contribution is 0.268. The van der Waals surface area contributed by atoms with E-state index < -0.39 is 20.1 Å². The fourth-order valence-electron chi connectivity index (χ4n) is 1.19. The molecule has 0 aliphatic carbocycles. The third-order valence-electron chi connectivity index (χ3n) is 1.79. The molecule has 78 valence electrons. The molecule has 6 nitrogen and oxygen atoms in total. The zero-order valence-electron chi connectivity index (χ0n) is 6.84. The molecule has 1 unspecified atom stereocenters. The summed E-state index contributed by atoms with van der Waals surface area (Å²) in [7, 11) is -6.92. The number of nitrogens with two attached hydrogens (primary N) is 1. The summed E-state index contributed by atoms with van der Waals surface area (Å²) in [5.41, 5.74) is 0. The molecule has 0 saturated carbocycles. The second kappa shape index (κ2) is 3.52. The van der Waals surface area contributed by atoms with Gasteiger partial charge in [-0.3, -0.25) is 4.18 Å². The van der Waals surface area contributed by atoms with E-state index in [0.717, 1.165) is 0 Å². The summed E-state index contributed by atoms with van der Waals surface area (Å²) in [6.45, 7) is -0.141. The Morgan fingerprint density at radius 3 is 2.46 bits per heavy atom. The molecule has 0 aromatic carbocycles. The molecule has 8 heteroatoms. The van der Waals surface area contributed by atoms with E-state index in [4.69, 9.17) is 0 Å². The lowest BCUT2D eigenvalue weighted by Gasteiger charge is -2.05. The summed E-state index contributed by atoms with van der Waals surface area (Å²) < 4.78 is 46.9. The van der Waals surface area contributed by atoms with E-state index in [9.17, 15) is 16.8 Å². The molecule has 1 aliphatic rings. The normalized spacial score (nSPS) is 27.6. The van der Waals surface area contributed by atoms with Crippen molar-refractivity contribution in [1.29, 1.82) is 0 Å². The van der Waals surface area contributed by atoms with Gasteiger partial charge in [0.05, 0.1) is 18.1 Å². The van der Waals surface area contributed by atoms with Gasteiger partial charge in [-0.2, -0.15) is 8.42 Å². The fourth-order valence-corrected chi connectivity index (χ4v) is 3.42. The van der Waals surface area contributed by atoms with E-state index in [0.29, 0.717) is 6.42 Å². The molecule has 1 fully saturated rings. The summed E-state index contributed by atoms with van der Waals surface area (Å²) >= 11 is 0. The Morgan fingerprint density at radius 1 is 1.46 bits per heavy atom. The maximum atomic E-state index is 10.9. The van der Waals surface area contributed by atoms with Gasteiger partial charge in [-0.15, -0.1) is 0 Å². The Labute approximate surface area is 77.2 Å². The van der Waals surface area contributed by atoms with Crippen molar-refractivity contribution in [3.8, 4) is 0 Å². The topological polar surface area (TPSA) is 104 Å². The first kappa shape index (κ1) is 10.9. The zero-order chi connectivity index (χ0) is 10.1. The predicted molar refractivity (Wildman–Crippen MR) is 45.8 cm³/mol. The first-order valence-corrected chi connectivity index (χ1v) is 6.95. The van der Waals surface area contributed by atoms with Gasteiger partial charge in [-0.05, 0) is 12.3 Å². The monoisotopic (exact) mass is 229 g/mol. The minimum Gasteiger partial charge on any atom is -0.258 e. The van der Waals surface area contributed by atoms with Crippen LogP contribution in [0.15, 0.2) is 0 Å². The van der Waals surface area contributed by atoms with Crippen LogP contribution in [-0.4, -0.2) is 34.9 Å². The Kier molecular flexibility index (Phi) is 2.95. The molecule has 1 heterocycles. The molecule has 0 bridgehead atoms. The lowest BCUT2D eigenvalue weighted by Crippen LogP contribution is -2.21. The van der Waals surface area contributed by atoms with Crippen LogP contribution in [-0.2, 0) is 24.3 Å². The van der Waals surface area contributed by atoms with Crippen LogP contribution >= 0.6 is 0 Å². The van der Waals surface area contributed by atoms with Crippen molar-refractivity contribution in [2.45, 2.75) is 6.42 Å². The highest BCUT2D eigenvalue weighted by molar-refractivity contribution is 7.91. The van der Waals surface area contributed by atoms with Crippen LogP contribution in [0.3, 0.4) is 0 Å². The number of rotatable bonds is 3. The quantitative estimate of drug-likeness (QED) is 0.643. The summed E-state index contributed by atoms with van der Waals surface area (Å²) in [6, 6.07) is 0. The molecule has 0 aromatic heterocycles. The van der Waals surface area contributed by atoms with Crippen LogP contribution in [0, 0.1) is 5.92 Å². The van der Waals surface area contributed by atoms with Gasteiger partial charge in [-0.25, -0.2) is 13.6 Å². The molecular formula is C5H11NO5S2. The average molecular weight is 229 g/mol. The van der Waals surface area contributed by atoms with Crippen LogP contribution in [0.25, 0.3) is 0 Å². The van der Waals surface area contributed by atoms with E-state index in [2.05, 4.69) is 9.32 Å². The third-order valence-corrected chi connectivity index (χ3v) is 4.10. The third kappa shape index (κ3) is 4.03. The maximum Gasteiger partial charge on any atom is 0.333 e. The van der Waals surface area contributed by atoms with Crippen molar-refractivity contribution in [2.75, 3.05) is 18.1 Å². The first-order valence-electron chi connectivity index (χ1n) is 3.66. The highest BCUT2D eigenvalue weighted by Crippen LogP contribution is 2.18. The van der Waals surface area contributed by atoms with Crippen LogP contribution < -0.4 is 5.14 Å². The summed E-state index contributed by atoms with van der Waals surface area (Å²) in [5, 5.41) is 4.58. The van der Waals surface area contributed by atoms with Crippen molar-refractivity contribution >= 4 is 20.1 Å². The highest BCUT2D eigenvalue weighted by Gasteiger charge is 2.28. The SMILES string of the molecule is NS(=O)(=O)OCC1CCS(=O)(=O)C1. The summed E-state index contributed by atoms with van der Waals surface area (Å²) in [5.74, 6) is -0.155. The van der Waals surface area contributed by atoms with Gasteiger partial charge in [0, 0.05) is 0 Å². The van der Waals surface area contributed by atoms with E-state index in [1.54, 1.807) is 0 Å². The van der Waals surface area contributed by atoms with Crippen LogP contribution in [0.2, 0.25) is 0 Å². The molecule has 1 atom stereocenters. The Balaban J connectivity index is 2.42. The highest BCUT2D eigenvalue weighted by atomic mass is 32.2. The summed E-state index contributed by atoms with van der Waals surface area (Å²) in [4.78, 5) is 0. The molecule has 0 radical (unpaired) electrons. The number of sulfone groups is 1. The minimum absolute atomic E-state index is 0.0114. The fraction of sp³-hybridized carbons (Fsp3) is 1.00. The van der Waals surface area contributed by atoms with Crippen molar-refractivity contribution in [2.24, 2.45) is 11.1 Å². The van der Waals surface area contributed by atoms with Gasteiger partial charge in [-0.1, -0.05) is 0 Å². The van der Waals surface area contributed by atoms with E-state index in [-0.39, 0.29) is 24.0 Å². The molecule has 1 rings (SSSR count). The van der Waals surface area contributed by atoms with E-state index in [1.807, 2.05) is 0 Å². The van der Waals surface area contributed by atoms with Crippen LogP contribution in [0.1, 0.15) is 6.42 Å². The van der Waals surface area contributed by atoms with Crippen molar-refractivity contribution < 1.29 is 21.0 Å². The van der Waals surface area contributed by atoms with Crippen molar-refractivity contribution in [3.63, 3.8) is 0 Å².